The minimum absolute atomic E-state index is 0.374. The van der Waals surface area contributed by atoms with Crippen LogP contribution in [0.2, 0.25) is 0 Å². The van der Waals surface area contributed by atoms with Crippen LogP contribution in [0.1, 0.15) is 13.8 Å². The Morgan fingerprint density at radius 2 is 2.21 bits per heavy atom. The van der Waals surface area contributed by atoms with E-state index in [4.69, 9.17) is 0 Å². The van der Waals surface area contributed by atoms with Gasteiger partial charge in [-0.25, -0.2) is 13.4 Å². The third-order valence-corrected chi connectivity index (χ3v) is 4.98. The van der Waals surface area contributed by atoms with Gasteiger partial charge in [-0.1, -0.05) is 0 Å². The first-order chi connectivity index (χ1) is 6.33. The Bertz CT molecular complexity index is 381. The highest BCUT2D eigenvalue weighted by molar-refractivity contribution is 7.92. The molecule has 6 heteroatoms. The van der Waals surface area contributed by atoms with Gasteiger partial charge in [0.1, 0.15) is 0 Å². The maximum Gasteiger partial charge on any atom is 0.182 e. The van der Waals surface area contributed by atoms with Crippen molar-refractivity contribution in [1.82, 2.24) is 4.98 Å². The summed E-state index contributed by atoms with van der Waals surface area (Å²) >= 11 is 1.46. The average Bonchev–Trinajstić information content (AvgIpc) is 2.50. The Morgan fingerprint density at radius 1 is 1.57 bits per heavy atom. The monoisotopic (exact) mass is 234 g/mol. The fourth-order valence-corrected chi connectivity index (χ4v) is 1.59. The minimum Gasteiger partial charge on any atom is -0.360 e. The third-order valence-electron chi connectivity index (χ3n) is 2.10. The minimum atomic E-state index is -3.04. The molecule has 1 rings (SSSR count). The van der Waals surface area contributed by atoms with E-state index in [1.807, 2.05) is 5.38 Å². The van der Waals surface area contributed by atoms with Crippen LogP contribution < -0.4 is 5.32 Å². The molecule has 1 aromatic heterocycles. The van der Waals surface area contributed by atoms with Crippen molar-refractivity contribution in [2.24, 2.45) is 0 Å². The smallest absolute Gasteiger partial charge is 0.182 e. The first-order valence-electron chi connectivity index (χ1n) is 4.16. The number of sulfone groups is 1. The molecule has 4 nitrogen and oxygen atoms in total. The molecule has 0 aliphatic heterocycles. The van der Waals surface area contributed by atoms with Crippen LogP contribution in [0.15, 0.2) is 11.6 Å². The zero-order chi connectivity index (χ0) is 10.8. The number of aromatic nitrogens is 1. The number of hydrogen-bond acceptors (Lipinski definition) is 5. The molecule has 0 bridgehead atoms. The zero-order valence-corrected chi connectivity index (χ0v) is 10.1. The van der Waals surface area contributed by atoms with E-state index in [1.165, 1.54) is 17.6 Å². The van der Waals surface area contributed by atoms with Crippen molar-refractivity contribution in [1.29, 1.82) is 0 Å². The van der Waals surface area contributed by atoms with Gasteiger partial charge in [-0.05, 0) is 13.8 Å². The summed E-state index contributed by atoms with van der Waals surface area (Å²) in [5, 5.41) is 5.59. The van der Waals surface area contributed by atoms with Crippen LogP contribution in [0.5, 0.6) is 0 Å². The summed E-state index contributed by atoms with van der Waals surface area (Å²) in [7, 11) is -3.04. The van der Waals surface area contributed by atoms with Gasteiger partial charge in [0.25, 0.3) is 0 Å². The van der Waals surface area contributed by atoms with E-state index < -0.39 is 14.6 Å². The molecule has 0 amide bonds. The van der Waals surface area contributed by atoms with Gasteiger partial charge >= 0.3 is 0 Å². The lowest BCUT2D eigenvalue weighted by molar-refractivity contribution is 0.560. The van der Waals surface area contributed by atoms with Gasteiger partial charge in [0.05, 0.1) is 4.75 Å². The van der Waals surface area contributed by atoms with Gasteiger partial charge < -0.3 is 5.32 Å². The second-order valence-electron chi connectivity index (χ2n) is 3.72. The van der Waals surface area contributed by atoms with Crippen molar-refractivity contribution < 1.29 is 8.42 Å². The Kier molecular flexibility index (Phi) is 3.16. The molecular weight excluding hydrogens is 220 g/mol. The summed E-state index contributed by atoms with van der Waals surface area (Å²) in [6, 6.07) is 0. The molecule has 0 radical (unpaired) electrons. The molecule has 0 spiro atoms. The van der Waals surface area contributed by atoms with Gasteiger partial charge in [0, 0.05) is 24.4 Å². The van der Waals surface area contributed by atoms with Gasteiger partial charge in [0.15, 0.2) is 15.0 Å². The molecule has 0 aromatic carbocycles. The van der Waals surface area contributed by atoms with Gasteiger partial charge in [-0.2, -0.15) is 0 Å². The first kappa shape index (κ1) is 11.5. The van der Waals surface area contributed by atoms with Crippen molar-refractivity contribution >= 4 is 26.3 Å². The Hall–Kier alpha value is -0.620. The van der Waals surface area contributed by atoms with Crippen molar-refractivity contribution in [2.75, 3.05) is 18.1 Å². The van der Waals surface area contributed by atoms with E-state index in [1.54, 1.807) is 20.0 Å². The molecule has 14 heavy (non-hydrogen) atoms. The van der Waals surface area contributed by atoms with E-state index in [0.717, 1.165) is 5.13 Å². The topological polar surface area (TPSA) is 59.1 Å². The molecule has 0 aliphatic rings. The molecule has 1 aromatic rings. The molecule has 0 saturated heterocycles. The second kappa shape index (κ2) is 3.86. The van der Waals surface area contributed by atoms with Crippen molar-refractivity contribution in [3.8, 4) is 0 Å². The summed E-state index contributed by atoms with van der Waals surface area (Å²) in [5.41, 5.74) is 0. The van der Waals surface area contributed by atoms with Crippen LogP contribution in [-0.4, -0.2) is 30.9 Å². The maximum atomic E-state index is 11.4. The Balaban J connectivity index is 2.62. The van der Waals surface area contributed by atoms with Gasteiger partial charge in [-0.15, -0.1) is 11.3 Å². The SMILES string of the molecule is CC(C)(CNc1nccs1)S(C)(=O)=O. The molecule has 0 unspecified atom stereocenters. The number of thiazole rings is 1. The van der Waals surface area contributed by atoms with Crippen LogP contribution in [-0.2, 0) is 9.84 Å². The van der Waals surface area contributed by atoms with E-state index in [0.29, 0.717) is 6.54 Å². The van der Waals surface area contributed by atoms with Crippen molar-refractivity contribution in [3.05, 3.63) is 11.6 Å². The highest BCUT2D eigenvalue weighted by atomic mass is 32.2. The van der Waals surface area contributed by atoms with E-state index >= 15 is 0 Å². The fourth-order valence-electron chi connectivity index (χ4n) is 0.730. The van der Waals surface area contributed by atoms with Gasteiger partial charge in [-0.3, -0.25) is 0 Å². The summed E-state index contributed by atoms with van der Waals surface area (Å²) in [4.78, 5) is 4.01. The molecule has 0 saturated carbocycles. The summed E-state index contributed by atoms with van der Waals surface area (Å²) in [6.07, 6.45) is 2.93. The molecular formula is C8H14N2O2S2. The number of nitrogens with one attached hydrogen (secondary N) is 1. The Labute approximate surface area is 88.3 Å². The maximum absolute atomic E-state index is 11.4. The highest BCUT2D eigenvalue weighted by Crippen LogP contribution is 2.17. The van der Waals surface area contributed by atoms with Crippen LogP contribution in [0, 0.1) is 0 Å². The highest BCUT2D eigenvalue weighted by Gasteiger charge is 2.29. The van der Waals surface area contributed by atoms with Crippen LogP contribution in [0.3, 0.4) is 0 Å². The second-order valence-corrected chi connectivity index (χ2v) is 7.27. The number of rotatable bonds is 4. The summed E-state index contributed by atoms with van der Waals surface area (Å²) in [5.74, 6) is 0. The van der Waals surface area contributed by atoms with Crippen LogP contribution in [0.4, 0.5) is 5.13 Å². The van der Waals surface area contributed by atoms with E-state index in [2.05, 4.69) is 10.3 Å². The quantitative estimate of drug-likeness (QED) is 0.855. The summed E-state index contributed by atoms with van der Waals surface area (Å²) < 4.78 is 21.9. The average molecular weight is 234 g/mol. The number of anilines is 1. The largest absolute Gasteiger partial charge is 0.360 e. The molecule has 0 aliphatic carbocycles. The molecule has 80 valence electrons. The predicted molar refractivity (Wildman–Crippen MR) is 59.5 cm³/mol. The number of nitrogens with zero attached hydrogens (tertiary/aromatic N) is 1. The number of hydrogen-bond donors (Lipinski definition) is 1. The Morgan fingerprint density at radius 3 is 2.64 bits per heavy atom. The van der Waals surface area contributed by atoms with Gasteiger partial charge in [0.2, 0.25) is 0 Å². The standard InChI is InChI=1S/C8H14N2O2S2/c1-8(2,14(3,11)12)6-10-7-9-4-5-13-7/h4-5H,6H2,1-3H3,(H,9,10). The lowest BCUT2D eigenvalue weighted by Gasteiger charge is -2.22. The van der Waals surface area contributed by atoms with E-state index in [9.17, 15) is 8.42 Å². The third kappa shape index (κ3) is 2.68. The van der Waals surface area contributed by atoms with Crippen LogP contribution in [0.25, 0.3) is 0 Å². The van der Waals surface area contributed by atoms with Crippen molar-refractivity contribution in [2.45, 2.75) is 18.6 Å². The lowest BCUT2D eigenvalue weighted by Crippen LogP contribution is -2.38. The molecule has 0 fully saturated rings. The first-order valence-corrected chi connectivity index (χ1v) is 6.93. The fraction of sp³-hybridized carbons (Fsp3) is 0.625. The molecule has 0 atom stereocenters. The molecule has 1 N–H and O–H groups in total. The normalized spacial score (nSPS) is 12.8. The summed E-state index contributed by atoms with van der Waals surface area (Å²) in [6.45, 7) is 3.77. The van der Waals surface area contributed by atoms with Crippen molar-refractivity contribution in [3.63, 3.8) is 0 Å². The molecule has 1 heterocycles. The lowest BCUT2D eigenvalue weighted by atomic mass is 10.2. The van der Waals surface area contributed by atoms with E-state index in [-0.39, 0.29) is 0 Å². The van der Waals surface area contributed by atoms with Crippen LogP contribution >= 0.6 is 11.3 Å². The zero-order valence-electron chi connectivity index (χ0n) is 8.44. The predicted octanol–water partition coefficient (Wildman–Crippen LogP) is 1.38.